The first-order valence-electron chi connectivity index (χ1n) is 7.04. The summed E-state index contributed by atoms with van der Waals surface area (Å²) in [6.45, 7) is -0.289. The van der Waals surface area contributed by atoms with Crippen molar-refractivity contribution in [2.75, 3.05) is 6.61 Å². The topological polar surface area (TPSA) is 67.4 Å². The number of nitrogens with one attached hydrogen (secondary N) is 2. The smallest absolute Gasteiger partial charge is 0.276 e. The van der Waals surface area contributed by atoms with Crippen LogP contribution in [-0.2, 0) is 9.59 Å². The van der Waals surface area contributed by atoms with Gasteiger partial charge in [0.2, 0.25) is 0 Å². The quantitative estimate of drug-likeness (QED) is 0.567. The minimum Gasteiger partial charge on any atom is -0.483 e. The van der Waals surface area contributed by atoms with Crippen LogP contribution in [0.15, 0.2) is 53.0 Å². The van der Waals surface area contributed by atoms with E-state index in [1.165, 1.54) is 36.4 Å². The summed E-state index contributed by atoms with van der Waals surface area (Å²) in [6, 6.07) is 10.5. The van der Waals surface area contributed by atoms with Crippen LogP contribution in [0.4, 0.5) is 4.39 Å². The molecule has 0 spiro atoms. The highest BCUT2D eigenvalue weighted by atomic mass is 79.9. The van der Waals surface area contributed by atoms with E-state index < -0.39 is 11.8 Å². The molecule has 0 aliphatic rings. The Kier molecular flexibility index (Phi) is 6.97. The standard InChI is InChI=1S/C17H13BrClFN2O3/c18-14-9-12(19)4-7-15(14)25-10-17(24)22-21-16(23)8-3-11-1-5-13(20)6-2-11/h1-9H,10H2,(H,21,23)(H,22,24). The molecule has 0 saturated heterocycles. The van der Waals surface area contributed by atoms with E-state index in [0.29, 0.717) is 20.8 Å². The predicted molar refractivity (Wildman–Crippen MR) is 96.4 cm³/mol. The summed E-state index contributed by atoms with van der Waals surface area (Å²) in [5.74, 6) is -0.987. The van der Waals surface area contributed by atoms with Crippen LogP contribution in [0.1, 0.15) is 5.56 Å². The molecule has 0 bridgehead atoms. The Labute approximate surface area is 156 Å². The first-order chi connectivity index (χ1) is 11.9. The number of hydrazine groups is 1. The third kappa shape index (κ3) is 6.56. The number of hydrogen-bond donors (Lipinski definition) is 2. The average molecular weight is 428 g/mol. The van der Waals surface area contributed by atoms with Gasteiger partial charge in [-0.25, -0.2) is 4.39 Å². The molecule has 0 radical (unpaired) electrons. The fraction of sp³-hybridized carbons (Fsp3) is 0.0588. The normalized spacial score (nSPS) is 10.5. The fourth-order valence-corrected chi connectivity index (χ4v) is 2.49. The third-order valence-corrected chi connectivity index (χ3v) is 3.73. The molecule has 2 amide bonds. The maximum absolute atomic E-state index is 12.8. The van der Waals surface area contributed by atoms with Crippen molar-refractivity contribution in [1.82, 2.24) is 10.9 Å². The predicted octanol–water partition coefficient (Wildman–Crippen LogP) is 3.48. The SMILES string of the molecule is O=C(C=Cc1ccc(F)cc1)NNC(=O)COc1ccc(Cl)cc1Br. The number of carbonyl (C=O) groups is 2. The van der Waals surface area contributed by atoms with Crippen LogP contribution in [-0.4, -0.2) is 18.4 Å². The number of halogens is 3. The van der Waals surface area contributed by atoms with Crippen LogP contribution >= 0.6 is 27.5 Å². The van der Waals surface area contributed by atoms with Gasteiger partial charge < -0.3 is 4.74 Å². The average Bonchev–Trinajstić information content (AvgIpc) is 2.58. The maximum Gasteiger partial charge on any atom is 0.276 e. The molecule has 8 heteroatoms. The van der Waals surface area contributed by atoms with E-state index in [4.69, 9.17) is 16.3 Å². The van der Waals surface area contributed by atoms with Gasteiger partial charge in [0.25, 0.3) is 11.8 Å². The van der Waals surface area contributed by atoms with Crippen LogP contribution in [0.25, 0.3) is 6.08 Å². The largest absolute Gasteiger partial charge is 0.483 e. The number of hydrogen-bond acceptors (Lipinski definition) is 3. The van der Waals surface area contributed by atoms with E-state index in [0.717, 1.165) is 0 Å². The van der Waals surface area contributed by atoms with Crippen LogP contribution in [0.2, 0.25) is 5.02 Å². The van der Waals surface area contributed by atoms with Gasteiger partial charge in [-0.3, -0.25) is 20.4 Å². The van der Waals surface area contributed by atoms with Crippen molar-refractivity contribution < 1.29 is 18.7 Å². The molecule has 0 aromatic heterocycles. The second kappa shape index (κ2) is 9.19. The highest BCUT2D eigenvalue weighted by molar-refractivity contribution is 9.10. The van der Waals surface area contributed by atoms with Crippen molar-refractivity contribution >= 4 is 45.4 Å². The minimum atomic E-state index is -0.537. The van der Waals surface area contributed by atoms with E-state index in [2.05, 4.69) is 26.8 Å². The summed E-state index contributed by atoms with van der Waals surface area (Å²) in [4.78, 5) is 23.3. The second-order valence-electron chi connectivity index (χ2n) is 4.79. The maximum atomic E-state index is 12.8. The van der Waals surface area contributed by atoms with Crippen LogP contribution < -0.4 is 15.6 Å². The van der Waals surface area contributed by atoms with Gasteiger partial charge >= 0.3 is 0 Å². The summed E-state index contributed by atoms with van der Waals surface area (Å²) in [7, 11) is 0. The number of rotatable bonds is 5. The lowest BCUT2D eigenvalue weighted by Crippen LogP contribution is -2.43. The lowest BCUT2D eigenvalue weighted by molar-refractivity contribution is -0.128. The van der Waals surface area contributed by atoms with Crippen molar-refractivity contribution in [1.29, 1.82) is 0 Å². The van der Waals surface area contributed by atoms with Crippen molar-refractivity contribution in [2.45, 2.75) is 0 Å². The highest BCUT2D eigenvalue weighted by Gasteiger charge is 2.06. The Balaban J connectivity index is 1.75. The van der Waals surface area contributed by atoms with Gasteiger partial charge in [-0.2, -0.15) is 0 Å². The van der Waals surface area contributed by atoms with Gasteiger partial charge in [0, 0.05) is 11.1 Å². The molecule has 5 nitrogen and oxygen atoms in total. The number of benzene rings is 2. The Morgan fingerprint density at radius 1 is 1.16 bits per heavy atom. The monoisotopic (exact) mass is 426 g/mol. The Bertz CT molecular complexity index is 797. The van der Waals surface area contributed by atoms with Gasteiger partial charge in [-0.15, -0.1) is 0 Å². The molecule has 2 aromatic rings. The van der Waals surface area contributed by atoms with Crippen molar-refractivity contribution in [3.63, 3.8) is 0 Å². The molecule has 0 aliphatic heterocycles. The molecule has 0 fully saturated rings. The fourth-order valence-electron chi connectivity index (χ4n) is 1.69. The number of ether oxygens (including phenoxy) is 1. The first kappa shape index (κ1) is 19.0. The summed E-state index contributed by atoms with van der Waals surface area (Å²) in [5, 5.41) is 0.531. The van der Waals surface area contributed by atoms with Crippen LogP contribution in [0.5, 0.6) is 5.75 Å². The molecule has 2 rings (SSSR count). The molecular formula is C17H13BrClFN2O3. The Morgan fingerprint density at radius 3 is 2.56 bits per heavy atom. The molecule has 2 N–H and O–H groups in total. The van der Waals surface area contributed by atoms with Crippen LogP contribution in [0.3, 0.4) is 0 Å². The van der Waals surface area contributed by atoms with Gasteiger partial charge in [0.1, 0.15) is 11.6 Å². The lowest BCUT2D eigenvalue weighted by Gasteiger charge is -2.09. The highest BCUT2D eigenvalue weighted by Crippen LogP contribution is 2.27. The molecule has 25 heavy (non-hydrogen) atoms. The number of carbonyl (C=O) groups excluding carboxylic acids is 2. The van der Waals surface area contributed by atoms with E-state index >= 15 is 0 Å². The molecule has 2 aromatic carbocycles. The molecule has 130 valence electrons. The summed E-state index contributed by atoms with van der Waals surface area (Å²) < 4.78 is 18.7. The summed E-state index contributed by atoms with van der Waals surface area (Å²) in [5.41, 5.74) is 5.08. The summed E-state index contributed by atoms with van der Waals surface area (Å²) >= 11 is 9.07. The zero-order chi connectivity index (χ0) is 18.2. The zero-order valence-electron chi connectivity index (χ0n) is 12.8. The van der Waals surface area contributed by atoms with Gasteiger partial charge in [-0.05, 0) is 57.9 Å². The third-order valence-electron chi connectivity index (χ3n) is 2.87. The van der Waals surface area contributed by atoms with Crippen molar-refractivity contribution in [3.8, 4) is 5.75 Å². The molecule has 0 heterocycles. The lowest BCUT2D eigenvalue weighted by atomic mass is 10.2. The van der Waals surface area contributed by atoms with Gasteiger partial charge in [0.05, 0.1) is 4.47 Å². The van der Waals surface area contributed by atoms with Crippen molar-refractivity contribution in [2.24, 2.45) is 0 Å². The van der Waals surface area contributed by atoms with E-state index in [-0.39, 0.29) is 12.4 Å². The van der Waals surface area contributed by atoms with E-state index in [1.807, 2.05) is 0 Å². The number of amides is 2. The van der Waals surface area contributed by atoms with Crippen molar-refractivity contribution in [3.05, 3.63) is 69.4 Å². The van der Waals surface area contributed by atoms with Gasteiger partial charge in [0.15, 0.2) is 6.61 Å². The molecule has 0 aliphatic carbocycles. The van der Waals surface area contributed by atoms with E-state index in [1.54, 1.807) is 18.2 Å². The molecular weight excluding hydrogens is 415 g/mol. The molecule has 0 unspecified atom stereocenters. The van der Waals surface area contributed by atoms with E-state index in [9.17, 15) is 14.0 Å². The minimum absolute atomic E-state index is 0.289. The Morgan fingerprint density at radius 2 is 1.88 bits per heavy atom. The molecule has 0 saturated carbocycles. The van der Waals surface area contributed by atoms with Crippen LogP contribution in [0, 0.1) is 5.82 Å². The Hall–Kier alpha value is -2.38. The van der Waals surface area contributed by atoms with Gasteiger partial charge in [-0.1, -0.05) is 23.7 Å². The summed E-state index contributed by atoms with van der Waals surface area (Å²) in [6.07, 6.45) is 2.70. The second-order valence-corrected chi connectivity index (χ2v) is 6.08. The zero-order valence-corrected chi connectivity index (χ0v) is 15.1. The molecule has 0 atom stereocenters. The first-order valence-corrected chi connectivity index (χ1v) is 8.21.